The number of carbonyl (C=O) groups is 2. The summed E-state index contributed by atoms with van der Waals surface area (Å²) in [5.74, 6) is 1.24. The molecule has 1 unspecified atom stereocenters. The molecule has 2 aromatic heterocycles. The van der Waals surface area contributed by atoms with E-state index in [0.717, 1.165) is 48.0 Å². The van der Waals surface area contributed by atoms with Crippen molar-refractivity contribution in [3.05, 3.63) is 78.4 Å². The third kappa shape index (κ3) is 8.93. The van der Waals surface area contributed by atoms with Crippen LogP contribution in [-0.4, -0.2) is 69.3 Å². The molecule has 0 radical (unpaired) electrons. The van der Waals surface area contributed by atoms with E-state index < -0.39 is 17.7 Å². The van der Waals surface area contributed by atoms with Crippen molar-refractivity contribution in [2.45, 2.75) is 83.1 Å². The van der Waals surface area contributed by atoms with Gasteiger partial charge >= 0.3 is 6.09 Å². The molecule has 3 N–H and O–H groups in total. The van der Waals surface area contributed by atoms with E-state index in [1.807, 2.05) is 72.2 Å². The first kappa shape index (κ1) is 31.7. The summed E-state index contributed by atoms with van der Waals surface area (Å²) < 4.78 is 7.45. The molecule has 1 aliphatic rings. The van der Waals surface area contributed by atoms with Gasteiger partial charge in [0, 0.05) is 50.7 Å². The van der Waals surface area contributed by atoms with E-state index in [1.165, 1.54) is 0 Å². The Bertz CT molecular complexity index is 1590. The second-order valence-electron chi connectivity index (χ2n) is 12.9. The lowest BCUT2D eigenvalue weighted by atomic mass is 9.91. The number of hydrogen-bond donors (Lipinski definition) is 3. The summed E-state index contributed by atoms with van der Waals surface area (Å²) in [6.45, 7) is 6.05. The maximum atomic E-state index is 13.6. The highest BCUT2D eigenvalue weighted by molar-refractivity contribution is 5.90. The van der Waals surface area contributed by atoms with Gasteiger partial charge in [-0.1, -0.05) is 42.5 Å². The maximum absolute atomic E-state index is 13.6. The second kappa shape index (κ2) is 14.0. The van der Waals surface area contributed by atoms with E-state index in [4.69, 9.17) is 14.7 Å². The van der Waals surface area contributed by atoms with Gasteiger partial charge in [0.2, 0.25) is 11.9 Å². The number of ether oxygens (including phenoxy) is 1. The minimum Gasteiger partial charge on any atom is -0.444 e. The SMILES string of the molecule is CN(C)c1nc(NC2CCC(NC(=O)C(Cc3cn(Cc4ccccc4)cn3)NC(=O)OC(C)(C)C)CC2)nc2ccccc12. The van der Waals surface area contributed by atoms with Crippen LogP contribution in [0.15, 0.2) is 67.1 Å². The summed E-state index contributed by atoms with van der Waals surface area (Å²) in [6.07, 6.45) is 6.57. The number of carbonyl (C=O) groups excluding carboxylic acids is 2. The fourth-order valence-corrected chi connectivity index (χ4v) is 5.59. The number of nitrogens with zero attached hydrogens (tertiary/aromatic N) is 5. The molecule has 11 nitrogen and oxygen atoms in total. The first-order valence-corrected chi connectivity index (χ1v) is 15.6. The summed E-state index contributed by atoms with van der Waals surface area (Å²) >= 11 is 0. The molecule has 1 atom stereocenters. The Morgan fingerprint density at radius 3 is 2.38 bits per heavy atom. The van der Waals surface area contributed by atoms with Crippen LogP contribution < -0.4 is 20.9 Å². The highest BCUT2D eigenvalue weighted by Crippen LogP contribution is 2.26. The van der Waals surface area contributed by atoms with Crippen molar-refractivity contribution in [1.29, 1.82) is 0 Å². The summed E-state index contributed by atoms with van der Waals surface area (Å²) in [6, 6.07) is 17.5. The highest BCUT2D eigenvalue weighted by atomic mass is 16.6. The number of alkyl carbamates (subject to hydrolysis) is 1. The lowest BCUT2D eigenvalue weighted by Gasteiger charge is -2.31. The monoisotopic (exact) mass is 612 g/mol. The summed E-state index contributed by atoms with van der Waals surface area (Å²) in [5, 5.41) is 10.5. The van der Waals surface area contributed by atoms with Gasteiger partial charge < -0.3 is 30.2 Å². The number of amides is 2. The van der Waals surface area contributed by atoms with Crippen LogP contribution in [0.4, 0.5) is 16.6 Å². The van der Waals surface area contributed by atoms with Gasteiger partial charge in [-0.15, -0.1) is 0 Å². The number of anilines is 2. The zero-order chi connectivity index (χ0) is 32.0. The van der Waals surface area contributed by atoms with Crippen molar-refractivity contribution in [2.75, 3.05) is 24.3 Å². The van der Waals surface area contributed by atoms with Crippen molar-refractivity contribution in [1.82, 2.24) is 30.2 Å². The number of rotatable bonds is 10. The molecule has 238 valence electrons. The van der Waals surface area contributed by atoms with Gasteiger partial charge in [0.05, 0.1) is 17.5 Å². The second-order valence-corrected chi connectivity index (χ2v) is 12.9. The highest BCUT2D eigenvalue weighted by Gasteiger charge is 2.29. The molecule has 1 saturated carbocycles. The molecule has 45 heavy (non-hydrogen) atoms. The number of aromatic nitrogens is 4. The summed E-state index contributed by atoms with van der Waals surface area (Å²) in [7, 11) is 3.96. The van der Waals surface area contributed by atoms with Crippen LogP contribution in [0.1, 0.15) is 57.7 Å². The standard InChI is InChI=1S/C34H44N8O3/c1-34(2,3)45-33(44)39-29(19-26-21-42(22-35-26)20-23-11-7-6-8-12-23)31(43)36-24-15-17-25(18-16-24)37-32-38-28-14-10-9-13-27(28)30(40-32)41(4)5/h6-14,21-22,24-25,29H,15-20H2,1-5H3,(H,36,43)(H,39,44)(H,37,38,40). The molecule has 0 saturated heterocycles. The molecule has 2 amide bonds. The quantitative estimate of drug-likeness (QED) is 0.231. The van der Waals surface area contributed by atoms with E-state index in [0.29, 0.717) is 18.2 Å². The third-order valence-electron chi connectivity index (χ3n) is 7.73. The van der Waals surface area contributed by atoms with E-state index in [2.05, 4.69) is 33.1 Å². The Labute approximate surface area is 264 Å². The Morgan fingerprint density at radius 1 is 0.978 bits per heavy atom. The molecule has 4 aromatic rings. The van der Waals surface area contributed by atoms with Crippen LogP contribution in [0.3, 0.4) is 0 Å². The van der Waals surface area contributed by atoms with Gasteiger partial charge in [-0.2, -0.15) is 4.98 Å². The molecule has 1 fully saturated rings. The van der Waals surface area contributed by atoms with Gasteiger partial charge in [-0.3, -0.25) is 4.79 Å². The number of nitrogens with one attached hydrogen (secondary N) is 3. The van der Waals surface area contributed by atoms with Crippen molar-refractivity contribution < 1.29 is 14.3 Å². The topological polar surface area (TPSA) is 126 Å². The maximum Gasteiger partial charge on any atom is 0.408 e. The van der Waals surface area contributed by atoms with Crippen molar-refractivity contribution in [3.63, 3.8) is 0 Å². The lowest BCUT2D eigenvalue weighted by Crippen LogP contribution is -2.52. The molecule has 5 rings (SSSR count). The smallest absolute Gasteiger partial charge is 0.408 e. The predicted molar refractivity (Wildman–Crippen MR) is 176 cm³/mol. The number of imidazole rings is 1. The molecule has 2 aromatic carbocycles. The summed E-state index contributed by atoms with van der Waals surface area (Å²) in [5.41, 5.74) is 2.07. The van der Waals surface area contributed by atoms with E-state index >= 15 is 0 Å². The number of fused-ring (bicyclic) bond motifs is 1. The van der Waals surface area contributed by atoms with Crippen LogP contribution in [0.25, 0.3) is 10.9 Å². The van der Waals surface area contributed by atoms with E-state index in [1.54, 1.807) is 27.1 Å². The Kier molecular flexibility index (Phi) is 9.85. The minimum absolute atomic E-state index is 0.0102. The van der Waals surface area contributed by atoms with Gasteiger partial charge in [0.1, 0.15) is 17.5 Å². The zero-order valence-electron chi connectivity index (χ0n) is 26.8. The first-order chi connectivity index (χ1) is 21.5. The largest absolute Gasteiger partial charge is 0.444 e. The fourth-order valence-electron chi connectivity index (χ4n) is 5.59. The van der Waals surface area contributed by atoms with E-state index in [9.17, 15) is 9.59 Å². The summed E-state index contributed by atoms with van der Waals surface area (Å²) in [4.78, 5) is 42.3. The van der Waals surface area contributed by atoms with Crippen LogP contribution in [0.5, 0.6) is 0 Å². The predicted octanol–water partition coefficient (Wildman–Crippen LogP) is 4.92. The fraction of sp³-hybridized carbons (Fsp3) is 0.441. The van der Waals surface area contributed by atoms with Crippen LogP contribution >= 0.6 is 0 Å². The van der Waals surface area contributed by atoms with Crippen molar-refractivity contribution in [3.8, 4) is 0 Å². The molecular formula is C34H44N8O3. The molecule has 2 heterocycles. The zero-order valence-corrected chi connectivity index (χ0v) is 26.8. The average Bonchev–Trinajstić information content (AvgIpc) is 3.43. The Morgan fingerprint density at radius 2 is 1.67 bits per heavy atom. The molecule has 0 spiro atoms. The van der Waals surface area contributed by atoms with Gasteiger partial charge in [0.15, 0.2) is 0 Å². The van der Waals surface area contributed by atoms with Gasteiger partial charge in [-0.25, -0.2) is 14.8 Å². The van der Waals surface area contributed by atoms with E-state index in [-0.39, 0.29) is 24.4 Å². The number of para-hydroxylation sites is 1. The molecule has 1 aliphatic carbocycles. The van der Waals surface area contributed by atoms with Crippen molar-refractivity contribution >= 4 is 34.7 Å². The van der Waals surface area contributed by atoms with Crippen LogP contribution in [0.2, 0.25) is 0 Å². The molecule has 11 heteroatoms. The Balaban J connectivity index is 1.20. The van der Waals surface area contributed by atoms with Crippen LogP contribution in [0, 0.1) is 0 Å². The molecular weight excluding hydrogens is 568 g/mol. The Hall–Kier alpha value is -4.67. The van der Waals surface area contributed by atoms with Gasteiger partial charge in [-0.05, 0) is 64.2 Å². The average molecular weight is 613 g/mol. The minimum atomic E-state index is -0.828. The number of benzene rings is 2. The van der Waals surface area contributed by atoms with Crippen LogP contribution in [-0.2, 0) is 22.5 Å². The van der Waals surface area contributed by atoms with Gasteiger partial charge in [0.25, 0.3) is 0 Å². The normalized spacial score (nSPS) is 17.4. The number of hydrogen-bond acceptors (Lipinski definition) is 8. The van der Waals surface area contributed by atoms with Crippen molar-refractivity contribution in [2.24, 2.45) is 0 Å². The lowest BCUT2D eigenvalue weighted by molar-refractivity contribution is -0.124. The third-order valence-corrected chi connectivity index (χ3v) is 7.73. The first-order valence-electron chi connectivity index (χ1n) is 15.6. The molecule has 0 bridgehead atoms. The molecule has 0 aliphatic heterocycles.